The van der Waals surface area contributed by atoms with Gasteiger partial charge in [0.2, 0.25) is 0 Å². The van der Waals surface area contributed by atoms with Crippen LogP contribution in [0.5, 0.6) is 17.2 Å². The van der Waals surface area contributed by atoms with Gasteiger partial charge in [-0.05, 0) is 42.0 Å². The number of hydrogen-bond donors (Lipinski definition) is 1. The lowest BCUT2D eigenvalue weighted by Crippen LogP contribution is -2.33. The predicted molar refractivity (Wildman–Crippen MR) is 137 cm³/mol. The fourth-order valence-corrected chi connectivity index (χ4v) is 4.47. The summed E-state index contributed by atoms with van der Waals surface area (Å²) in [4.78, 5) is 27.4. The summed E-state index contributed by atoms with van der Waals surface area (Å²) >= 11 is 6.60. The first-order valence-corrected chi connectivity index (χ1v) is 11.7. The number of Topliss-reactive ketones (excluding diaryl/α,β-unsaturated/α-hetero) is 1. The second-order valence-electron chi connectivity index (χ2n) is 8.29. The molecule has 8 nitrogen and oxygen atoms in total. The molecule has 0 atom stereocenters. The molecular weight excluding hydrogens is 480 g/mol. The van der Waals surface area contributed by atoms with Crippen LogP contribution in [0.3, 0.4) is 0 Å². The molecule has 1 aliphatic rings. The Balaban J connectivity index is 1.53. The second-order valence-corrected chi connectivity index (χ2v) is 8.70. The van der Waals surface area contributed by atoms with Gasteiger partial charge in [0.15, 0.2) is 17.2 Å². The lowest BCUT2D eigenvalue weighted by atomic mass is 10.0. The third kappa shape index (κ3) is 4.50. The van der Waals surface area contributed by atoms with Gasteiger partial charge in [-0.3, -0.25) is 9.59 Å². The minimum absolute atomic E-state index is 0.102. The van der Waals surface area contributed by atoms with E-state index in [4.69, 9.17) is 26.8 Å². The number of ketones is 1. The molecule has 1 amide bonds. The van der Waals surface area contributed by atoms with E-state index in [0.29, 0.717) is 41.0 Å². The number of rotatable bonds is 7. The van der Waals surface area contributed by atoms with Crippen LogP contribution in [0.25, 0.3) is 5.69 Å². The Labute approximate surface area is 212 Å². The average Bonchev–Trinajstić information content (AvgIpc) is 3.29. The molecule has 0 bridgehead atoms. The van der Waals surface area contributed by atoms with Crippen molar-refractivity contribution in [1.82, 2.24) is 9.78 Å². The van der Waals surface area contributed by atoms with Crippen molar-refractivity contribution in [1.29, 1.82) is 0 Å². The lowest BCUT2D eigenvalue weighted by molar-refractivity contribution is 0.0973. The Hall–Kier alpha value is -4.30. The van der Waals surface area contributed by atoms with E-state index in [1.807, 2.05) is 59.5 Å². The maximum absolute atomic E-state index is 12.8. The predicted octanol–water partition coefficient (Wildman–Crippen LogP) is 5.02. The molecule has 0 saturated heterocycles. The highest BCUT2D eigenvalue weighted by Crippen LogP contribution is 2.36. The molecule has 0 radical (unpaired) electrons. The molecule has 4 aromatic rings. The SMILES string of the molecule is COc1ccc(CN2CCC(=O)c3nn(-c4ccc(Oc5ccccc5)cc4Cl)c(C(N)=O)c32)cc1. The van der Waals surface area contributed by atoms with E-state index in [-0.39, 0.29) is 23.6 Å². The van der Waals surface area contributed by atoms with E-state index in [9.17, 15) is 9.59 Å². The van der Waals surface area contributed by atoms with Crippen molar-refractivity contribution in [2.75, 3.05) is 18.6 Å². The fourth-order valence-electron chi connectivity index (χ4n) is 4.22. The zero-order valence-electron chi connectivity index (χ0n) is 19.5. The normalized spacial score (nSPS) is 12.8. The Kier molecular flexibility index (Phi) is 6.35. The Morgan fingerprint density at radius 1 is 1.03 bits per heavy atom. The molecule has 2 N–H and O–H groups in total. The standard InChI is InChI=1S/C27H23ClN4O4/c1-35-18-9-7-17(8-10-18)16-31-14-13-23(33)24-25(31)26(27(29)34)32(30-24)22-12-11-20(15-21(22)28)36-19-5-3-2-4-6-19/h2-12,15H,13-14,16H2,1H3,(H2,29,34). The molecule has 0 spiro atoms. The van der Waals surface area contributed by atoms with Crippen LogP contribution in [0.4, 0.5) is 5.69 Å². The van der Waals surface area contributed by atoms with Crippen molar-refractivity contribution in [2.45, 2.75) is 13.0 Å². The van der Waals surface area contributed by atoms with Gasteiger partial charge in [0.1, 0.15) is 22.9 Å². The number of amides is 1. The number of anilines is 1. The molecule has 0 saturated carbocycles. The fraction of sp³-hybridized carbons (Fsp3) is 0.148. The average molecular weight is 503 g/mol. The summed E-state index contributed by atoms with van der Waals surface area (Å²) in [5, 5.41) is 4.79. The van der Waals surface area contributed by atoms with Gasteiger partial charge in [-0.1, -0.05) is 41.9 Å². The van der Waals surface area contributed by atoms with E-state index in [1.165, 1.54) is 4.68 Å². The van der Waals surface area contributed by atoms with E-state index in [2.05, 4.69) is 5.10 Å². The van der Waals surface area contributed by atoms with Crippen LogP contribution in [-0.4, -0.2) is 35.1 Å². The number of aromatic nitrogens is 2. The van der Waals surface area contributed by atoms with E-state index >= 15 is 0 Å². The number of ether oxygens (including phenoxy) is 2. The molecule has 9 heteroatoms. The molecule has 1 aromatic heterocycles. The molecule has 1 aliphatic heterocycles. The number of methoxy groups -OCH3 is 1. The summed E-state index contributed by atoms with van der Waals surface area (Å²) in [6, 6.07) is 21.9. The van der Waals surface area contributed by atoms with Gasteiger partial charge in [-0.15, -0.1) is 0 Å². The summed E-state index contributed by atoms with van der Waals surface area (Å²) in [5.74, 6) is 1.06. The highest BCUT2D eigenvalue weighted by molar-refractivity contribution is 6.32. The number of carbonyl (C=O) groups excluding carboxylic acids is 2. The quantitative estimate of drug-likeness (QED) is 0.381. The summed E-state index contributed by atoms with van der Waals surface area (Å²) in [6.07, 6.45) is 0.274. The summed E-state index contributed by atoms with van der Waals surface area (Å²) in [7, 11) is 1.61. The monoisotopic (exact) mass is 502 g/mol. The number of nitrogens with zero attached hydrogens (tertiary/aromatic N) is 3. The lowest BCUT2D eigenvalue weighted by Gasteiger charge is -2.28. The Morgan fingerprint density at radius 3 is 2.42 bits per heavy atom. The molecule has 2 heterocycles. The highest BCUT2D eigenvalue weighted by Gasteiger charge is 2.34. The Bertz CT molecular complexity index is 1430. The van der Waals surface area contributed by atoms with Crippen molar-refractivity contribution >= 4 is 29.0 Å². The number of primary amides is 1. The maximum Gasteiger partial charge on any atom is 0.269 e. The van der Waals surface area contributed by atoms with Crippen LogP contribution in [-0.2, 0) is 6.54 Å². The van der Waals surface area contributed by atoms with Gasteiger partial charge in [0, 0.05) is 25.6 Å². The van der Waals surface area contributed by atoms with Gasteiger partial charge in [-0.25, -0.2) is 4.68 Å². The van der Waals surface area contributed by atoms with Crippen LogP contribution in [0, 0.1) is 0 Å². The van der Waals surface area contributed by atoms with Crippen molar-refractivity contribution in [3.63, 3.8) is 0 Å². The Morgan fingerprint density at radius 2 is 1.75 bits per heavy atom. The third-order valence-electron chi connectivity index (χ3n) is 5.94. The minimum Gasteiger partial charge on any atom is -0.497 e. The smallest absolute Gasteiger partial charge is 0.269 e. The van der Waals surface area contributed by atoms with Crippen molar-refractivity contribution < 1.29 is 19.1 Å². The van der Waals surface area contributed by atoms with Gasteiger partial charge >= 0.3 is 0 Å². The minimum atomic E-state index is -0.709. The molecule has 0 unspecified atom stereocenters. The summed E-state index contributed by atoms with van der Waals surface area (Å²) in [5.41, 5.74) is 7.93. The summed E-state index contributed by atoms with van der Waals surface area (Å²) < 4.78 is 12.4. The van der Waals surface area contributed by atoms with Crippen LogP contribution in [0.1, 0.15) is 33.0 Å². The summed E-state index contributed by atoms with van der Waals surface area (Å²) in [6.45, 7) is 0.898. The molecule has 0 fully saturated rings. The topological polar surface area (TPSA) is 99.7 Å². The number of para-hydroxylation sites is 1. The van der Waals surface area contributed by atoms with Crippen LogP contribution < -0.4 is 20.1 Å². The number of halogens is 1. The first-order valence-electron chi connectivity index (χ1n) is 11.3. The zero-order valence-corrected chi connectivity index (χ0v) is 20.2. The number of nitrogens with two attached hydrogens (primary N) is 1. The zero-order chi connectivity index (χ0) is 25.2. The van der Waals surface area contributed by atoms with Gasteiger partial charge in [0.05, 0.1) is 17.8 Å². The number of carbonyl (C=O) groups is 2. The van der Waals surface area contributed by atoms with E-state index in [1.54, 1.807) is 25.3 Å². The molecule has 3 aromatic carbocycles. The first kappa shape index (κ1) is 23.4. The highest BCUT2D eigenvalue weighted by atomic mass is 35.5. The van der Waals surface area contributed by atoms with Crippen LogP contribution >= 0.6 is 11.6 Å². The van der Waals surface area contributed by atoms with Crippen molar-refractivity contribution in [2.24, 2.45) is 5.73 Å². The number of fused-ring (bicyclic) bond motifs is 1. The molecule has 5 rings (SSSR count). The largest absolute Gasteiger partial charge is 0.497 e. The molecule has 182 valence electrons. The van der Waals surface area contributed by atoms with Crippen molar-refractivity contribution in [3.8, 4) is 22.9 Å². The van der Waals surface area contributed by atoms with Crippen LogP contribution in [0.2, 0.25) is 5.02 Å². The van der Waals surface area contributed by atoms with E-state index in [0.717, 1.165) is 11.3 Å². The van der Waals surface area contributed by atoms with E-state index < -0.39 is 5.91 Å². The number of benzene rings is 3. The van der Waals surface area contributed by atoms with Gasteiger partial charge in [0.25, 0.3) is 5.91 Å². The van der Waals surface area contributed by atoms with Crippen LogP contribution in [0.15, 0.2) is 72.8 Å². The number of hydrogen-bond acceptors (Lipinski definition) is 6. The first-order chi connectivity index (χ1) is 17.4. The molecular formula is C27H23ClN4O4. The van der Waals surface area contributed by atoms with Gasteiger partial charge in [-0.2, -0.15) is 5.10 Å². The third-order valence-corrected chi connectivity index (χ3v) is 6.24. The maximum atomic E-state index is 12.8. The van der Waals surface area contributed by atoms with Crippen molar-refractivity contribution in [3.05, 3.63) is 94.8 Å². The molecule has 36 heavy (non-hydrogen) atoms. The van der Waals surface area contributed by atoms with Gasteiger partial charge < -0.3 is 20.1 Å². The molecule has 0 aliphatic carbocycles. The second kappa shape index (κ2) is 9.75.